The van der Waals surface area contributed by atoms with E-state index in [2.05, 4.69) is 4.72 Å². The first-order chi connectivity index (χ1) is 8.03. The zero-order chi connectivity index (χ0) is 14.1. The van der Waals surface area contributed by atoms with Gasteiger partial charge in [-0.25, -0.2) is 17.5 Å². The molecule has 0 aliphatic heterocycles. The summed E-state index contributed by atoms with van der Waals surface area (Å²) in [7, 11) is -3.61. The molecule has 1 N–H and O–H groups in total. The molecule has 0 unspecified atom stereocenters. The molecular formula is C13H20FNO2S. The molecule has 5 heteroatoms. The van der Waals surface area contributed by atoms with Crippen molar-refractivity contribution < 1.29 is 12.8 Å². The van der Waals surface area contributed by atoms with Crippen molar-refractivity contribution in [1.82, 2.24) is 4.72 Å². The van der Waals surface area contributed by atoms with Crippen LogP contribution in [0, 0.1) is 5.82 Å². The van der Waals surface area contributed by atoms with Crippen LogP contribution in [0.3, 0.4) is 0 Å². The van der Waals surface area contributed by atoms with Gasteiger partial charge in [-0.05, 0) is 50.5 Å². The van der Waals surface area contributed by atoms with Crippen LogP contribution in [0.5, 0.6) is 0 Å². The average molecular weight is 273 g/mol. The molecule has 0 aliphatic carbocycles. The maximum Gasteiger partial charge on any atom is 0.241 e. The van der Waals surface area contributed by atoms with E-state index in [9.17, 15) is 12.8 Å². The molecule has 0 spiro atoms. The molecule has 3 nitrogen and oxygen atoms in total. The van der Waals surface area contributed by atoms with E-state index < -0.39 is 15.6 Å². The lowest BCUT2D eigenvalue weighted by atomic mass is 10.0. The summed E-state index contributed by atoms with van der Waals surface area (Å²) in [5.74, 6) is -0.436. The molecule has 0 heterocycles. The summed E-state index contributed by atoms with van der Waals surface area (Å²) in [5.41, 5.74) is -0.155. The Labute approximate surface area is 108 Å². The maximum absolute atomic E-state index is 13.5. The van der Waals surface area contributed by atoms with Gasteiger partial charge < -0.3 is 0 Å². The highest BCUT2D eigenvalue weighted by Gasteiger charge is 2.23. The van der Waals surface area contributed by atoms with E-state index in [4.69, 9.17) is 0 Å². The fraction of sp³-hybridized carbons (Fsp3) is 0.538. The molecule has 1 aromatic rings. The largest absolute Gasteiger partial charge is 0.241 e. The van der Waals surface area contributed by atoms with E-state index in [0.29, 0.717) is 5.56 Å². The molecule has 0 radical (unpaired) electrons. The first kappa shape index (κ1) is 15.1. The van der Waals surface area contributed by atoms with Gasteiger partial charge in [-0.15, -0.1) is 0 Å². The van der Waals surface area contributed by atoms with Crippen molar-refractivity contribution in [2.24, 2.45) is 0 Å². The van der Waals surface area contributed by atoms with E-state index in [1.807, 2.05) is 13.8 Å². The molecule has 0 saturated heterocycles. The second kappa shape index (κ2) is 4.97. The van der Waals surface area contributed by atoms with Crippen molar-refractivity contribution in [2.45, 2.75) is 51.0 Å². The fourth-order valence-electron chi connectivity index (χ4n) is 1.59. The molecule has 0 saturated carbocycles. The van der Waals surface area contributed by atoms with Crippen molar-refractivity contribution in [3.63, 3.8) is 0 Å². The Morgan fingerprint density at radius 2 is 1.78 bits per heavy atom. The average Bonchev–Trinajstić information content (AvgIpc) is 2.13. The summed E-state index contributed by atoms with van der Waals surface area (Å²) in [6.45, 7) is 8.93. The predicted molar refractivity (Wildman–Crippen MR) is 70.6 cm³/mol. The Hall–Kier alpha value is -0.940. The topological polar surface area (TPSA) is 46.2 Å². The number of rotatable bonds is 3. The van der Waals surface area contributed by atoms with Crippen LogP contribution in [0.2, 0.25) is 0 Å². The molecule has 0 amide bonds. The van der Waals surface area contributed by atoms with Crippen molar-refractivity contribution >= 4 is 10.0 Å². The van der Waals surface area contributed by atoms with E-state index in [0.717, 1.165) is 0 Å². The summed E-state index contributed by atoms with van der Waals surface area (Å²) in [6, 6.07) is 3.88. The van der Waals surface area contributed by atoms with Gasteiger partial charge >= 0.3 is 0 Å². The van der Waals surface area contributed by atoms with Crippen LogP contribution in [0.25, 0.3) is 0 Å². The molecule has 0 aromatic heterocycles. The highest BCUT2D eigenvalue weighted by atomic mass is 32.2. The van der Waals surface area contributed by atoms with Gasteiger partial charge in [0.2, 0.25) is 10.0 Å². The Kier molecular flexibility index (Phi) is 4.18. The van der Waals surface area contributed by atoms with Crippen molar-refractivity contribution in [3.8, 4) is 0 Å². The summed E-state index contributed by atoms with van der Waals surface area (Å²) >= 11 is 0. The molecule has 102 valence electrons. The quantitative estimate of drug-likeness (QED) is 0.920. The molecule has 0 aliphatic rings. The van der Waals surface area contributed by atoms with Gasteiger partial charge in [-0.3, -0.25) is 0 Å². The van der Waals surface area contributed by atoms with E-state index >= 15 is 0 Å². The molecule has 18 heavy (non-hydrogen) atoms. The summed E-state index contributed by atoms with van der Waals surface area (Å²) in [4.78, 5) is 0.0996. The van der Waals surface area contributed by atoms with Crippen LogP contribution in [-0.4, -0.2) is 14.0 Å². The molecule has 0 fully saturated rings. The zero-order valence-electron chi connectivity index (χ0n) is 11.4. The first-order valence-electron chi connectivity index (χ1n) is 5.86. The first-order valence-corrected chi connectivity index (χ1v) is 7.35. The fourth-order valence-corrected chi connectivity index (χ4v) is 3.05. The Balaban J connectivity index is 3.22. The standard InChI is InChI=1S/C13H20FNO2S/c1-9(2)11-8-10(6-7-12(11)14)18(16,17)15-13(3,4)5/h6-9,15H,1-5H3. The highest BCUT2D eigenvalue weighted by molar-refractivity contribution is 7.89. The number of nitrogens with one attached hydrogen (secondary N) is 1. The Morgan fingerprint density at radius 1 is 1.22 bits per heavy atom. The lowest BCUT2D eigenvalue weighted by Crippen LogP contribution is -2.40. The van der Waals surface area contributed by atoms with Gasteiger partial charge in [-0.2, -0.15) is 0 Å². The lowest BCUT2D eigenvalue weighted by Gasteiger charge is -2.21. The number of sulfonamides is 1. The van der Waals surface area contributed by atoms with Gasteiger partial charge in [0.15, 0.2) is 0 Å². The van der Waals surface area contributed by atoms with Gasteiger partial charge in [-0.1, -0.05) is 13.8 Å². The number of hydrogen-bond acceptors (Lipinski definition) is 2. The van der Waals surface area contributed by atoms with Gasteiger partial charge in [0.1, 0.15) is 5.82 Å². The normalized spacial score (nSPS) is 13.1. The second-order valence-electron chi connectivity index (χ2n) is 5.69. The van der Waals surface area contributed by atoms with Crippen LogP contribution < -0.4 is 4.72 Å². The highest BCUT2D eigenvalue weighted by Crippen LogP contribution is 2.22. The SMILES string of the molecule is CC(C)c1cc(S(=O)(=O)NC(C)(C)C)ccc1F. The monoisotopic (exact) mass is 273 g/mol. The third-order valence-corrected chi connectivity index (χ3v) is 4.10. The molecule has 1 rings (SSSR count). The zero-order valence-corrected chi connectivity index (χ0v) is 12.2. The van der Waals surface area contributed by atoms with Crippen molar-refractivity contribution in [2.75, 3.05) is 0 Å². The van der Waals surface area contributed by atoms with Crippen LogP contribution in [0.4, 0.5) is 4.39 Å². The minimum Gasteiger partial charge on any atom is -0.207 e. The minimum absolute atomic E-state index is 0.0604. The predicted octanol–water partition coefficient (Wildman–Crippen LogP) is 3.03. The maximum atomic E-state index is 13.5. The van der Waals surface area contributed by atoms with Gasteiger partial charge in [0.05, 0.1) is 4.90 Å². The number of hydrogen-bond donors (Lipinski definition) is 1. The Morgan fingerprint density at radius 3 is 2.22 bits per heavy atom. The molecular weight excluding hydrogens is 253 g/mol. The molecule has 0 atom stereocenters. The van der Waals surface area contributed by atoms with Crippen molar-refractivity contribution in [3.05, 3.63) is 29.6 Å². The van der Waals surface area contributed by atoms with Crippen LogP contribution >= 0.6 is 0 Å². The third kappa shape index (κ3) is 3.78. The number of benzene rings is 1. The summed E-state index contributed by atoms with van der Waals surface area (Å²) in [6.07, 6.45) is 0. The molecule has 1 aromatic carbocycles. The van der Waals surface area contributed by atoms with Crippen molar-refractivity contribution in [1.29, 1.82) is 0 Å². The summed E-state index contributed by atoms with van der Waals surface area (Å²) in [5, 5.41) is 0. The van der Waals surface area contributed by atoms with Crippen LogP contribution in [0.1, 0.15) is 46.1 Å². The van der Waals surface area contributed by atoms with E-state index in [1.165, 1.54) is 18.2 Å². The third-order valence-electron chi connectivity index (χ3n) is 2.34. The molecule has 0 bridgehead atoms. The van der Waals surface area contributed by atoms with E-state index in [1.54, 1.807) is 20.8 Å². The lowest BCUT2D eigenvalue weighted by molar-refractivity contribution is 0.491. The van der Waals surface area contributed by atoms with E-state index in [-0.39, 0.29) is 16.6 Å². The Bertz CT molecular complexity index is 530. The van der Waals surface area contributed by atoms with Crippen LogP contribution in [-0.2, 0) is 10.0 Å². The summed E-state index contributed by atoms with van der Waals surface area (Å²) < 4.78 is 40.3. The van der Waals surface area contributed by atoms with Gasteiger partial charge in [0.25, 0.3) is 0 Å². The van der Waals surface area contributed by atoms with Crippen LogP contribution in [0.15, 0.2) is 23.1 Å². The minimum atomic E-state index is -3.61. The smallest absolute Gasteiger partial charge is 0.207 e. The second-order valence-corrected chi connectivity index (χ2v) is 7.38. The van der Waals surface area contributed by atoms with Gasteiger partial charge in [0, 0.05) is 5.54 Å². The number of halogens is 1.